The molecule has 0 atom stereocenters. The molecular formula is C23H26Br4. The van der Waals surface area contributed by atoms with Crippen LogP contribution in [0.5, 0.6) is 0 Å². The number of unbranched alkanes of at least 4 members (excludes halogenated alkanes) is 4. The average Bonchev–Trinajstić information content (AvgIpc) is 2.92. The fourth-order valence-electron chi connectivity index (χ4n) is 4.50. The fraction of sp³-hybridized carbons (Fsp3) is 0.478. The van der Waals surface area contributed by atoms with Gasteiger partial charge in [0.05, 0.1) is 0 Å². The van der Waals surface area contributed by atoms with Crippen LogP contribution < -0.4 is 0 Å². The molecular weight excluding hydrogens is 596 g/mol. The lowest BCUT2D eigenvalue weighted by Crippen LogP contribution is -2.25. The Labute approximate surface area is 197 Å². The molecule has 27 heavy (non-hydrogen) atoms. The molecule has 0 fully saturated rings. The smallest absolute Gasteiger partial charge is 0.0216 e. The summed E-state index contributed by atoms with van der Waals surface area (Å²) < 4.78 is 2.39. The molecule has 0 saturated heterocycles. The van der Waals surface area contributed by atoms with Crippen molar-refractivity contribution in [3.05, 3.63) is 56.5 Å². The Morgan fingerprint density at radius 3 is 1.44 bits per heavy atom. The van der Waals surface area contributed by atoms with Gasteiger partial charge in [-0.15, -0.1) is 0 Å². The lowest BCUT2D eigenvalue weighted by atomic mass is 9.70. The van der Waals surface area contributed by atoms with Crippen molar-refractivity contribution in [2.75, 3.05) is 10.7 Å². The van der Waals surface area contributed by atoms with Crippen molar-refractivity contribution in [3.8, 4) is 11.1 Å². The van der Waals surface area contributed by atoms with Crippen LogP contribution in [0.15, 0.2) is 45.3 Å². The predicted molar refractivity (Wildman–Crippen MR) is 133 cm³/mol. The summed E-state index contributed by atoms with van der Waals surface area (Å²) in [6.07, 6.45) is 10.1. The molecule has 0 radical (unpaired) electrons. The first-order chi connectivity index (χ1) is 13.1. The Hall–Kier alpha value is 0.360. The molecule has 0 bridgehead atoms. The molecule has 0 N–H and O–H groups in total. The van der Waals surface area contributed by atoms with E-state index in [-0.39, 0.29) is 5.41 Å². The highest BCUT2D eigenvalue weighted by Crippen LogP contribution is 2.55. The standard InChI is InChI=1S/C23H26Br4/c24-13-5-1-3-11-23(12-4-2-6-14-25)21-15-17(26)7-9-19(21)20-10-8-18(27)16-22(20)23/h7-10,15-16H,1-6,11-14H2. The maximum Gasteiger partial charge on any atom is 0.0216 e. The molecule has 1 aliphatic rings. The van der Waals surface area contributed by atoms with E-state index in [1.807, 2.05) is 0 Å². The summed E-state index contributed by atoms with van der Waals surface area (Å²) in [7, 11) is 0. The van der Waals surface area contributed by atoms with E-state index in [9.17, 15) is 0 Å². The summed E-state index contributed by atoms with van der Waals surface area (Å²) in [4.78, 5) is 0. The molecule has 0 aromatic heterocycles. The third kappa shape index (κ3) is 4.92. The topological polar surface area (TPSA) is 0 Å². The minimum Gasteiger partial charge on any atom is -0.0928 e. The Balaban J connectivity index is 2.03. The van der Waals surface area contributed by atoms with Gasteiger partial charge in [-0.25, -0.2) is 0 Å². The largest absolute Gasteiger partial charge is 0.0928 e. The Morgan fingerprint density at radius 1 is 0.593 bits per heavy atom. The lowest BCUT2D eigenvalue weighted by molar-refractivity contribution is 0.406. The van der Waals surface area contributed by atoms with Gasteiger partial charge in [0.1, 0.15) is 0 Å². The fourth-order valence-corrected chi connectivity index (χ4v) is 6.01. The van der Waals surface area contributed by atoms with Gasteiger partial charge in [0.25, 0.3) is 0 Å². The van der Waals surface area contributed by atoms with Gasteiger partial charge in [-0.05, 0) is 72.2 Å². The molecule has 2 aromatic rings. The van der Waals surface area contributed by atoms with Crippen LogP contribution in [0.1, 0.15) is 62.5 Å². The van der Waals surface area contributed by atoms with Crippen LogP contribution >= 0.6 is 63.7 Å². The molecule has 0 nitrogen and oxygen atoms in total. The van der Waals surface area contributed by atoms with Crippen molar-refractivity contribution in [1.82, 2.24) is 0 Å². The number of benzene rings is 2. The summed E-state index contributed by atoms with van der Waals surface area (Å²) in [6.45, 7) is 0. The van der Waals surface area contributed by atoms with Gasteiger partial charge in [0.2, 0.25) is 0 Å². The van der Waals surface area contributed by atoms with E-state index in [1.165, 1.54) is 82.6 Å². The Morgan fingerprint density at radius 2 is 1.04 bits per heavy atom. The van der Waals surface area contributed by atoms with Gasteiger partial charge < -0.3 is 0 Å². The van der Waals surface area contributed by atoms with E-state index in [1.54, 1.807) is 0 Å². The summed E-state index contributed by atoms with van der Waals surface area (Å²) in [5.41, 5.74) is 6.07. The minimum absolute atomic E-state index is 0.150. The van der Waals surface area contributed by atoms with Crippen LogP contribution in [-0.4, -0.2) is 10.7 Å². The predicted octanol–water partition coefficient (Wildman–Crippen LogP) is 9.39. The molecule has 0 spiro atoms. The number of hydrogen-bond acceptors (Lipinski definition) is 0. The second kappa shape index (κ2) is 10.4. The van der Waals surface area contributed by atoms with Crippen LogP contribution in [0.2, 0.25) is 0 Å². The van der Waals surface area contributed by atoms with Crippen molar-refractivity contribution in [3.63, 3.8) is 0 Å². The normalized spacial score (nSPS) is 14.2. The molecule has 1 aliphatic carbocycles. The zero-order valence-electron chi connectivity index (χ0n) is 15.5. The highest BCUT2D eigenvalue weighted by atomic mass is 79.9. The zero-order valence-corrected chi connectivity index (χ0v) is 21.9. The van der Waals surface area contributed by atoms with E-state index < -0.39 is 0 Å². The molecule has 4 heteroatoms. The third-order valence-electron chi connectivity index (χ3n) is 5.76. The van der Waals surface area contributed by atoms with E-state index in [0.717, 1.165) is 10.7 Å². The maximum atomic E-state index is 3.74. The number of alkyl halides is 2. The average molecular weight is 622 g/mol. The zero-order chi connectivity index (χ0) is 19.3. The monoisotopic (exact) mass is 618 g/mol. The first-order valence-electron chi connectivity index (χ1n) is 9.85. The third-order valence-corrected chi connectivity index (χ3v) is 7.87. The van der Waals surface area contributed by atoms with Gasteiger partial charge in [0, 0.05) is 25.0 Å². The first-order valence-corrected chi connectivity index (χ1v) is 13.7. The van der Waals surface area contributed by atoms with Crippen molar-refractivity contribution < 1.29 is 0 Å². The minimum atomic E-state index is 0.150. The Bertz CT molecular complexity index is 703. The van der Waals surface area contributed by atoms with Crippen LogP contribution in [-0.2, 0) is 5.41 Å². The quantitative estimate of drug-likeness (QED) is 0.183. The van der Waals surface area contributed by atoms with Crippen molar-refractivity contribution in [2.45, 2.75) is 56.8 Å². The SMILES string of the molecule is BrCCCCCC1(CCCCCBr)c2cc(Br)ccc2-c2ccc(Br)cc21. The summed E-state index contributed by atoms with van der Waals surface area (Å²) >= 11 is 14.7. The van der Waals surface area contributed by atoms with Crippen LogP contribution in [0.25, 0.3) is 11.1 Å². The highest BCUT2D eigenvalue weighted by Gasteiger charge is 2.42. The first kappa shape index (κ1) is 22.1. The van der Waals surface area contributed by atoms with E-state index in [0.29, 0.717) is 0 Å². The summed E-state index contributed by atoms with van der Waals surface area (Å²) in [5, 5.41) is 2.21. The molecule has 0 amide bonds. The molecule has 2 aromatic carbocycles. The number of fused-ring (bicyclic) bond motifs is 3. The van der Waals surface area contributed by atoms with Gasteiger partial charge in [0.15, 0.2) is 0 Å². The number of rotatable bonds is 10. The molecule has 0 saturated carbocycles. The molecule has 0 heterocycles. The van der Waals surface area contributed by atoms with Crippen LogP contribution in [0.4, 0.5) is 0 Å². The Kier molecular flexibility index (Phi) is 8.50. The number of halogens is 4. The van der Waals surface area contributed by atoms with Gasteiger partial charge in [-0.1, -0.05) is 102 Å². The maximum absolute atomic E-state index is 3.74. The van der Waals surface area contributed by atoms with Crippen LogP contribution in [0.3, 0.4) is 0 Å². The van der Waals surface area contributed by atoms with Crippen molar-refractivity contribution >= 4 is 63.7 Å². The van der Waals surface area contributed by atoms with Gasteiger partial charge in [-0.3, -0.25) is 0 Å². The lowest BCUT2D eigenvalue weighted by Gasteiger charge is -2.33. The van der Waals surface area contributed by atoms with Gasteiger partial charge in [-0.2, -0.15) is 0 Å². The van der Waals surface area contributed by atoms with E-state index in [2.05, 4.69) is 100 Å². The molecule has 0 unspecified atom stereocenters. The summed E-state index contributed by atoms with van der Waals surface area (Å²) in [6, 6.07) is 13.8. The number of hydrogen-bond donors (Lipinski definition) is 0. The summed E-state index contributed by atoms with van der Waals surface area (Å²) in [5.74, 6) is 0. The molecule has 146 valence electrons. The molecule has 3 rings (SSSR count). The van der Waals surface area contributed by atoms with Crippen molar-refractivity contribution in [1.29, 1.82) is 0 Å². The second-order valence-electron chi connectivity index (χ2n) is 7.46. The molecule has 0 aliphatic heterocycles. The van der Waals surface area contributed by atoms with E-state index >= 15 is 0 Å². The van der Waals surface area contributed by atoms with Crippen molar-refractivity contribution in [2.24, 2.45) is 0 Å². The van der Waals surface area contributed by atoms with Gasteiger partial charge >= 0.3 is 0 Å². The van der Waals surface area contributed by atoms with E-state index in [4.69, 9.17) is 0 Å². The highest BCUT2D eigenvalue weighted by molar-refractivity contribution is 9.11. The van der Waals surface area contributed by atoms with Crippen LogP contribution in [0, 0.1) is 0 Å². The second-order valence-corrected chi connectivity index (χ2v) is 10.9.